The Hall–Kier alpha value is -2.28. The summed E-state index contributed by atoms with van der Waals surface area (Å²) in [6.45, 7) is 4.10. The zero-order valence-corrected chi connectivity index (χ0v) is 15.3. The molecule has 1 heterocycles. The molecule has 0 aliphatic heterocycles. The number of halogens is 1. The monoisotopic (exact) mass is 372 g/mol. The molecule has 25 heavy (non-hydrogen) atoms. The molecule has 0 spiro atoms. The molecule has 3 aromatic rings. The predicted molar refractivity (Wildman–Crippen MR) is 103 cm³/mol. The Morgan fingerprint density at radius 1 is 1.00 bits per heavy atom. The summed E-state index contributed by atoms with van der Waals surface area (Å²) in [4.78, 5) is 9.72. The van der Waals surface area contributed by atoms with Gasteiger partial charge in [-0.3, -0.25) is 15.4 Å². The smallest absolute Gasteiger partial charge is 0.235 e. The van der Waals surface area contributed by atoms with Gasteiger partial charge in [-0.05, 0) is 55.1 Å². The maximum absolute atomic E-state index is 8.98. The number of hydrogen-bond donors (Lipinski definition) is 3. The van der Waals surface area contributed by atoms with Crippen molar-refractivity contribution in [1.82, 2.24) is 9.97 Å². The van der Waals surface area contributed by atoms with Crippen LogP contribution in [0.25, 0.3) is 11.3 Å². The van der Waals surface area contributed by atoms with Crippen LogP contribution < -0.4 is 10.2 Å². The van der Waals surface area contributed by atoms with E-state index in [1.165, 1.54) is 11.9 Å². The Labute approximate surface area is 155 Å². The first-order chi connectivity index (χ1) is 12.1. The number of anilines is 2. The molecule has 0 bridgehead atoms. The van der Waals surface area contributed by atoms with Gasteiger partial charge in [0.15, 0.2) is 0 Å². The fourth-order valence-electron chi connectivity index (χ4n) is 2.54. The lowest BCUT2D eigenvalue weighted by Gasteiger charge is -2.11. The molecular formula is C18H17ClN4OS. The maximum atomic E-state index is 8.98. The normalized spacial score (nSPS) is 10.6. The summed E-state index contributed by atoms with van der Waals surface area (Å²) >= 11 is 7.53. The van der Waals surface area contributed by atoms with Crippen LogP contribution in [-0.4, -0.2) is 15.2 Å². The molecule has 0 aliphatic rings. The SMILES string of the molecule is Cc1cccc(C)c1-c1cc(Cl)nc(NSc2cccc(NO)c2)n1. The minimum absolute atomic E-state index is 0.376. The second-order valence-electron chi connectivity index (χ2n) is 5.51. The van der Waals surface area contributed by atoms with Crippen LogP contribution in [0.15, 0.2) is 53.4 Å². The molecular weight excluding hydrogens is 356 g/mol. The first-order valence-corrected chi connectivity index (χ1v) is 8.80. The van der Waals surface area contributed by atoms with Gasteiger partial charge < -0.3 is 0 Å². The zero-order chi connectivity index (χ0) is 17.8. The van der Waals surface area contributed by atoms with Crippen LogP contribution in [0.5, 0.6) is 0 Å². The molecule has 128 valence electrons. The van der Waals surface area contributed by atoms with Crippen molar-refractivity contribution < 1.29 is 5.21 Å². The summed E-state index contributed by atoms with van der Waals surface area (Å²) in [6, 6.07) is 15.2. The van der Waals surface area contributed by atoms with E-state index in [1.54, 1.807) is 18.2 Å². The lowest BCUT2D eigenvalue weighted by molar-refractivity contribution is 0.389. The zero-order valence-electron chi connectivity index (χ0n) is 13.7. The second-order valence-corrected chi connectivity index (χ2v) is 6.78. The van der Waals surface area contributed by atoms with Crippen molar-refractivity contribution >= 4 is 35.2 Å². The predicted octanol–water partition coefficient (Wildman–Crippen LogP) is 5.33. The summed E-state index contributed by atoms with van der Waals surface area (Å²) in [5, 5.41) is 9.35. The summed E-state index contributed by atoms with van der Waals surface area (Å²) in [6.07, 6.45) is 0. The van der Waals surface area contributed by atoms with E-state index in [1.807, 2.05) is 44.2 Å². The Morgan fingerprint density at radius 3 is 2.44 bits per heavy atom. The number of nitrogens with zero attached hydrogens (tertiary/aromatic N) is 2. The number of aromatic nitrogens is 2. The van der Waals surface area contributed by atoms with Gasteiger partial charge in [0, 0.05) is 16.5 Å². The number of hydrogen-bond acceptors (Lipinski definition) is 6. The topological polar surface area (TPSA) is 70.1 Å². The minimum Gasteiger partial charge on any atom is -0.294 e. The van der Waals surface area contributed by atoms with Crippen molar-refractivity contribution in [2.45, 2.75) is 18.7 Å². The highest BCUT2D eigenvalue weighted by Crippen LogP contribution is 2.29. The van der Waals surface area contributed by atoms with E-state index >= 15 is 0 Å². The van der Waals surface area contributed by atoms with E-state index in [-0.39, 0.29) is 0 Å². The molecule has 3 rings (SSSR count). The van der Waals surface area contributed by atoms with Crippen molar-refractivity contribution in [2.75, 3.05) is 10.2 Å². The van der Waals surface area contributed by atoms with Crippen molar-refractivity contribution in [3.63, 3.8) is 0 Å². The van der Waals surface area contributed by atoms with Gasteiger partial charge in [-0.2, -0.15) is 0 Å². The van der Waals surface area contributed by atoms with E-state index in [4.69, 9.17) is 16.8 Å². The molecule has 0 amide bonds. The average molecular weight is 373 g/mol. The van der Waals surface area contributed by atoms with Gasteiger partial charge in [-0.1, -0.05) is 35.9 Å². The average Bonchev–Trinajstić information content (AvgIpc) is 2.60. The highest BCUT2D eigenvalue weighted by atomic mass is 35.5. The van der Waals surface area contributed by atoms with Crippen LogP contribution in [0.2, 0.25) is 5.15 Å². The molecule has 0 aliphatic carbocycles. The Bertz CT molecular complexity index is 884. The molecule has 0 saturated heterocycles. The van der Waals surface area contributed by atoms with Gasteiger partial charge in [-0.15, -0.1) is 0 Å². The van der Waals surface area contributed by atoms with Crippen molar-refractivity contribution in [2.24, 2.45) is 0 Å². The van der Waals surface area contributed by atoms with Gasteiger partial charge in [0.25, 0.3) is 0 Å². The van der Waals surface area contributed by atoms with Crippen LogP contribution in [0.3, 0.4) is 0 Å². The van der Waals surface area contributed by atoms with Crippen molar-refractivity contribution in [3.8, 4) is 11.3 Å². The van der Waals surface area contributed by atoms with Crippen molar-refractivity contribution in [3.05, 3.63) is 64.8 Å². The third-order valence-electron chi connectivity index (χ3n) is 3.66. The minimum atomic E-state index is 0.376. The number of benzene rings is 2. The highest BCUT2D eigenvalue weighted by Gasteiger charge is 2.10. The molecule has 0 fully saturated rings. The van der Waals surface area contributed by atoms with Gasteiger partial charge in [-0.25, -0.2) is 9.97 Å². The lowest BCUT2D eigenvalue weighted by atomic mass is 10.00. The van der Waals surface area contributed by atoms with Gasteiger partial charge in [0.1, 0.15) is 5.15 Å². The number of aryl methyl sites for hydroxylation is 2. The Kier molecular flexibility index (Phi) is 5.43. The third-order valence-corrected chi connectivity index (χ3v) is 4.62. The standard InChI is InChI=1S/C18H17ClN4OS/c1-11-5-3-6-12(2)17(11)15-10-16(19)21-18(20-15)23-25-14-8-4-7-13(9-14)22-24/h3-10,22,24H,1-2H3,(H,20,21,23). The molecule has 5 nitrogen and oxygen atoms in total. The molecule has 0 saturated carbocycles. The summed E-state index contributed by atoms with van der Waals surface area (Å²) < 4.78 is 3.10. The first kappa shape index (κ1) is 17.5. The number of nitrogens with one attached hydrogen (secondary N) is 2. The molecule has 2 aromatic carbocycles. The van der Waals surface area contributed by atoms with Gasteiger partial charge >= 0.3 is 0 Å². The molecule has 1 aromatic heterocycles. The van der Waals surface area contributed by atoms with Gasteiger partial charge in [0.2, 0.25) is 5.95 Å². The fourth-order valence-corrected chi connectivity index (χ4v) is 3.36. The van der Waals surface area contributed by atoms with Crippen LogP contribution in [0.4, 0.5) is 11.6 Å². The van der Waals surface area contributed by atoms with Crippen LogP contribution in [0.1, 0.15) is 11.1 Å². The molecule has 0 radical (unpaired) electrons. The van der Waals surface area contributed by atoms with Crippen LogP contribution in [-0.2, 0) is 0 Å². The largest absolute Gasteiger partial charge is 0.294 e. The maximum Gasteiger partial charge on any atom is 0.235 e. The molecule has 0 atom stereocenters. The summed E-state index contributed by atoms with van der Waals surface area (Å²) in [5.41, 5.74) is 6.84. The summed E-state index contributed by atoms with van der Waals surface area (Å²) in [5.74, 6) is 0.428. The van der Waals surface area contributed by atoms with Gasteiger partial charge in [0.05, 0.1) is 11.4 Å². The third kappa shape index (κ3) is 4.22. The number of rotatable bonds is 5. The van der Waals surface area contributed by atoms with E-state index in [9.17, 15) is 0 Å². The fraction of sp³-hybridized carbons (Fsp3) is 0.111. The molecule has 7 heteroatoms. The highest BCUT2D eigenvalue weighted by molar-refractivity contribution is 8.00. The second kappa shape index (κ2) is 7.74. The Morgan fingerprint density at radius 2 is 1.72 bits per heavy atom. The van der Waals surface area contributed by atoms with E-state index in [2.05, 4.69) is 20.2 Å². The van der Waals surface area contributed by atoms with E-state index < -0.39 is 0 Å². The van der Waals surface area contributed by atoms with Crippen LogP contribution in [0, 0.1) is 13.8 Å². The van der Waals surface area contributed by atoms with Crippen LogP contribution >= 0.6 is 23.5 Å². The first-order valence-electron chi connectivity index (χ1n) is 7.61. The Balaban J connectivity index is 1.87. The van der Waals surface area contributed by atoms with Crippen molar-refractivity contribution in [1.29, 1.82) is 0 Å². The molecule has 3 N–H and O–H groups in total. The lowest BCUT2D eigenvalue weighted by Crippen LogP contribution is -1.99. The quantitative estimate of drug-likeness (QED) is 0.319. The summed E-state index contributed by atoms with van der Waals surface area (Å²) in [7, 11) is 0. The molecule has 0 unspecified atom stereocenters. The van der Waals surface area contributed by atoms with E-state index in [0.717, 1.165) is 27.3 Å². The van der Waals surface area contributed by atoms with E-state index in [0.29, 0.717) is 16.8 Å².